The molecule has 0 saturated carbocycles. The maximum absolute atomic E-state index is 12.4. The monoisotopic (exact) mass is 382 g/mol. The first kappa shape index (κ1) is 19.2. The third-order valence-electron chi connectivity index (χ3n) is 3.43. The van der Waals surface area contributed by atoms with Gasteiger partial charge >= 0.3 is 0 Å². The van der Waals surface area contributed by atoms with Gasteiger partial charge in [0.05, 0.1) is 13.7 Å². The van der Waals surface area contributed by atoms with Gasteiger partial charge in [-0.15, -0.1) is 0 Å². The molecule has 0 unspecified atom stereocenters. The first-order valence-electron chi connectivity index (χ1n) is 7.47. The topological polar surface area (TPSA) is 84.5 Å². The summed E-state index contributed by atoms with van der Waals surface area (Å²) in [5, 5.41) is 3.25. The zero-order valence-corrected chi connectivity index (χ0v) is 15.4. The van der Waals surface area contributed by atoms with Crippen LogP contribution in [0.4, 0.5) is 0 Å². The summed E-state index contributed by atoms with van der Waals surface area (Å²) in [6, 6.07) is 11.8. The van der Waals surface area contributed by atoms with Crippen molar-refractivity contribution in [1.29, 1.82) is 0 Å². The third-order valence-corrected chi connectivity index (χ3v) is 5.11. The lowest BCUT2D eigenvalue weighted by atomic mass is 10.2. The molecule has 2 rings (SSSR count). The van der Waals surface area contributed by atoms with E-state index in [2.05, 4.69) is 10.0 Å². The first-order chi connectivity index (χ1) is 11.8. The number of benzene rings is 2. The average molecular weight is 383 g/mol. The number of hydrogen-bond acceptors (Lipinski definition) is 4. The summed E-state index contributed by atoms with van der Waals surface area (Å²) < 4.78 is 32.1. The Labute approximate surface area is 152 Å². The van der Waals surface area contributed by atoms with Crippen LogP contribution < -0.4 is 14.8 Å². The van der Waals surface area contributed by atoms with Crippen LogP contribution in [0, 0.1) is 6.92 Å². The number of carbonyl (C=O) groups is 1. The summed E-state index contributed by atoms with van der Waals surface area (Å²) in [5.74, 6) is -0.218. The molecule has 2 aromatic rings. The molecule has 134 valence electrons. The molecule has 8 heteroatoms. The number of hydrogen-bond donors (Lipinski definition) is 2. The molecule has 0 radical (unpaired) electrons. The van der Waals surface area contributed by atoms with Gasteiger partial charge in [0.25, 0.3) is 0 Å². The minimum Gasteiger partial charge on any atom is -0.495 e. The highest BCUT2D eigenvalue weighted by molar-refractivity contribution is 7.89. The molecule has 2 aromatic carbocycles. The summed E-state index contributed by atoms with van der Waals surface area (Å²) in [4.78, 5) is 11.9. The molecule has 6 nitrogen and oxygen atoms in total. The summed E-state index contributed by atoms with van der Waals surface area (Å²) in [6.07, 6.45) is 0. The van der Waals surface area contributed by atoms with E-state index in [1.54, 1.807) is 43.3 Å². The van der Waals surface area contributed by atoms with Gasteiger partial charge in [0, 0.05) is 11.6 Å². The zero-order chi connectivity index (χ0) is 18.4. The molecule has 0 aliphatic carbocycles. The Bertz CT molecular complexity index is 851. The van der Waals surface area contributed by atoms with Gasteiger partial charge in [-0.25, -0.2) is 13.1 Å². The fourth-order valence-corrected chi connectivity index (χ4v) is 3.46. The van der Waals surface area contributed by atoms with E-state index in [0.29, 0.717) is 5.02 Å². The predicted molar refractivity (Wildman–Crippen MR) is 96.2 cm³/mol. The van der Waals surface area contributed by atoms with E-state index in [-0.39, 0.29) is 23.7 Å². The lowest BCUT2D eigenvalue weighted by Gasteiger charge is -2.11. The van der Waals surface area contributed by atoms with Gasteiger partial charge in [-0.05, 0) is 42.3 Å². The summed E-state index contributed by atoms with van der Waals surface area (Å²) in [5.41, 5.74) is 1.63. The Kier molecular flexibility index (Phi) is 6.41. The zero-order valence-electron chi connectivity index (χ0n) is 13.9. The molecular weight excluding hydrogens is 364 g/mol. The van der Waals surface area contributed by atoms with Crippen molar-refractivity contribution >= 4 is 27.5 Å². The lowest BCUT2D eigenvalue weighted by molar-refractivity contribution is -0.120. The number of aryl methyl sites for hydroxylation is 1. The molecule has 0 heterocycles. The Morgan fingerprint density at radius 3 is 2.48 bits per heavy atom. The standard InChI is InChI=1S/C17H19ClN2O4S/c1-12-3-8-15(24-2)16(9-12)25(22,23)20-11-17(21)19-10-13-4-6-14(18)7-5-13/h3-9,20H,10-11H2,1-2H3,(H,19,21). The average Bonchev–Trinajstić information content (AvgIpc) is 2.59. The molecule has 1 amide bonds. The van der Waals surface area contributed by atoms with E-state index >= 15 is 0 Å². The molecule has 0 bridgehead atoms. The van der Waals surface area contributed by atoms with Crippen molar-refractivity contribution in [2.75, 3.05) is 13.7 Å². The van der Waals surface area contributed by atoms with Crippen LogP contribution in [0.3, 0.4) is 0 Å². The van der Waals surface area contributed by atoms with E-state index in [1.807, 2.05) is 0 Å². The molecule has 0 fully saturated rings. The van der Waals surface area contributed by atoms with Crippen molar-refractivity contribution in [3.63, 3.8) is 0 Å². The summed E-state index contributed by atoms with van der Waals surface area (Å²) in [7, 11) is -2.47. The molecule has 0 aliphatic heterocycles. The second-order valence-electron chi connectivity index (χ2n) is 5.38. The lowest BCUT2D eigenvalue weighted by Crippen LogP contribution is -2.36. The molecule has 25 heavy (non-hydrogen) atoms. The van der Waals surface area contributed by atoms with Crippen molar-refractivity contribution in [2.24, 2.45) is 0 Å². The van der Waals surface area contributed by atoms with Crippen LogP contribution in [0.15, 0.2) is 47.4 Å². The SMILES string of the molecule is COc1ccc(C)cc1S(=O)(=O)NCC(=O)NCc1ccc(Cl)cc1. The highest BCUT2D eigenvalue weighted by atomic mass is 35.5. The molecule has 0 saturated heterocycles. The Hall–Kier alpha value is -2.09. The molecule has 0 aliphatic rings. The molecular formula is C17H19ClN2O4S. The van der Waals surface area contributed by atoms with Gasteiger partial charge in [0.15, 0.2) is 0 Å². The minimum atomic E-state index is -3.86. The number of halogens is 1. The van der Waals surface area contributed by atoms with E-state index in [1.165, 1.54) is 13.2 Å². The van der Waals surface area contributed by atoms with Crippen molar-refractivity contribution in [3.8, 4) is 5.75 Å². The molecule has 0 spiro atoms. The molecule has 2 N–H and O–H groups in total. The quantitative estimate of drug-likeness (QED) is 0.769. The number of ether oxygens (including phenoxy) is 1. The van der Waals surface area contributed by atoms with Crippen LogP contribution in [-0.4, -0.2) is 28.0 Å². The smallest absolute Gasteiger partial charge is 0.244 e. The Morgan fingerprint density at radius 2 is 1.84 bits per heavy atom. The van der Waals surface area contributed by atoms with Crippen LogP contribution >= 0.6 is 11.6 Å². The highest BCUT2D eigenvalue weighted by Gasteiger charge is 2.20. The summed E-state index contributed by atoms with van der Waals surface area (Å²) >= 11 is 5.79. The number of sulfonamides is 1. The number of methoxy groups -OCH3 is 1. The second kappa shape index (κ2) is 8.33. The van der Waals surface area contributed by atoms with Gasteiger partial charge in [-0.1, -0.05) is 29.8 Å². The Morgan fingerprint density at radius 1 is 1.16 bits per heavy atom. The van der Waals surface area contributed by atoms with E-state index in [9.17, 15) is 13.2 Å². The van der Waals surface area contributed by atoms with Gasteiger partial charge in [-0.2, -0.15) is 0 Å². The number of carbonyl (C=O) groups excluding carboxylic acids is 1. The number of rotatable bonds is 7. The number of amides is 1. The van der Waals surface area contributed by atoms with Gasteiger partial charge < -0.3 is 10.1 Å². The van der Waals surface area contributed by atoms with Crippen molar-refractivity contribution in [2.45, 2.75) is 18.4 Å². The normalized spacial score (nSPS) is 11.2. The van der Waals surface area contributed by atoms with Crippen molar-refractivity contribution < 1.29 is 17.9 Å². The molecule has 0 aromatic heterocycles. The first-order valence-corrected chi connectivity index (χ1v) is 9.33. The van der Waals surface area contributed by atoms with Crippen LogP contribution in [-0.2, 0) is 21.4 Å². The summed E-state index contributed by atoms with van der Waals surface area (Å²) in [6.45, 7) is 1.69. The fourth-order valence-electron chi connectivity index (χ4n) is 2.10. The number of nitrogens with one attached hydrogen (secondary N) is 2. The minimum absolute atomic E-state index is 0.000464. The third kappa shape index (κ3) is 5.45. The largest absolute Gasteiger partial charge is 0.495 e. The maximum Gasteiger partial charge on any atom is 0.244 e. The Balaban J connectivity index is 1.96. The van der Waals surface area contributed by atoms with Crippen LogP contribution in [0.25, 0.3) is 0 Å². The van der Waals surface area contributed by atoms with Crippen LogP contribution in [0.5, 0.6) is 5.75 Å². The van der Waals surface area contributed by atoms with Crippen molar-refractivity contribution in [1.82, 2.24) is 10.0 Å². The molecule has 0 atom stereocenters. The van der Waals surface area contributed by atoms with Gasteiger partial charge in [-0.3, -0.25) is 4.79 Å². The highest BCUT2D eigenvalue weighted by Crippen LogP contribution is 2.24. The maximum atomic E-state index is 12.4. The van der Waals surface area contributed by atoms with Crippen LogP contribution in [0.1, 0.15) is 11.1 Å². The van der Waals surface area contributed by atoms with Gasteiger partial charge in [0.1, 0.15) is 10.6 Å². The van der Waals surface area contributed by atoms with Crippen molar-refractivity contribution in [3.05, 3.63) is 58.6 Å². The van der Waals surface area contributed by atoms with E-state index < -0.39 is 15.9 Å². The fraction of sp³-hybridized carbons (Fsp3) is 0.235. The van der Waals surface area contributed by atoms with Crippen LogP contribution in [0.2, 0.25) is 5.02 Å². The van der Waals surface area contributed by atoms with E-state index in [0.717, 1.165) is 11.1 Å². The second-order valence-corrected chi connectivity index (χ2v) is 7.55. The van der Waals surface area contributed by atoms with E-state index in [4.69, 9.17) is 16.3 Å². The predicted octanol–water partition coefficient (Wildman–Crippen LogP) is 2.25. The van der Waals surface area contributed by atoms with Gasteiger partial charge in [0.2, 0.25) is 15.9 Å².